The third-order valence-corrected chi connectivity index (χ3v) is 6.39. The molecule has 3 aromatic carbocycles. The standard InChI is InChI=1S/C26H24ClFN2O5/c1-30-24(14-5-8-16(33-2)9-6-14)23(25(31)29-15-7-10-20(28)19(27)11-15)17-12-21(34-3)22(35-4)13-18(17)26(30)32/h5-13,23-24H,1-4H3,(H,29,31)/t23-,24+/m0/s1. The van der Waals surface area contributed by atoms with Crippen LogP contribution < -0.4 is 19.5 Å². The summed E-state index contributed by atoms with van der Waals surface area (Å²) in [4.78, 5) is 28.7. The van der Waals surface area contributed by atoms with E-state index in [1.54, 1.807) is 38.4 Å². The fraction of sp³-hybridized carbons (Fsp3) is 0.231. The summed E-state index contributed by atoms with van der Waals surface area (Å²) in [7, 11) is 6.17. The number of hydrogen-bond donors (Lipinski definition) is 1. The third-order valence-electron chi connectivity index (χ3n) is 6.10. The maximum Gasteiger partial charge on any atom is 0.254 e. The first-order valence-electron chi connectivity index (χ1n) is 10.7. The number of fused-ring (bicyclic) bond motifs is 1. The normalized spacial score (nSPS) is 17.0. The first kappa shape index (κ1) is 24.3. The molecule has 35 heavy (non-hydrogen) atoms. The number of carbonyl (C=O) groups is 2. The number of rotatable bonds is 6. The minimum atomic E-state index is -0.829. The maximum atomic E-state index is 13.8. The molecular formula is C26H24ClFN2O5. The number of halogens is 2. The van der Waals surface area contributed by atoms with E-state index in [0.717, 1.165) is 5.56 Å². The number of nitrogens with one attached hydrogen (secondary N) is 1. The Labute approximate surface area is 207 Å². The predicted molar refractivity (Wildman–Crippen MR) is 130 cm³/mol. The van der Waals surface area contributed by atoms with E-state index in [1.807, 2.05) is 12.1 Å². The number of amides is 2. The highest BCUT2D eigenvalue weighted by molar-refractivity contribution is 6.31. The van der Waals surface area contributed by atoms with Crippen LogP contribution in [0.25, 0.3) is 0 Å². The number of methoxy groups -OCH3 is 3. The van der Waals surface area contributed by atoms with Gasteiger partial charge in [-0.25, -0.2) is 4.39 Å². The lowest BCUT2D eigenvalue weighted by atomic mass is 9.79. The fourth-order valence-electron chi connectivity index (χ4n) is 4.34. The molecule has 0 saturated heterocycles. The van der Waals surface area contributed by atoms with Gasteiger partial charge in [0.2, 0.25) is 5.91 Å². The van der Waals surface area contributed by atoms with Crippen molar-refractivity contribution >= 4 is 29.1 Å². The Morgan fingerprint density at radius 1 is 0.971 bits per heavy atom. The SMILES string of the molecule is COc1ccc([C@@H]2[C@@H](C(=O)Nc3ccc(F)c(Cl)c3)c3cc(OC)c(OC)cc3C(=O)N2C)cc1. The Morgan fingerprint density at radius 2 is 1.63 bits per heavy atom. The Balaban J connectivity index is 1.86. The molecular weight excluding hydrogens is 475 g/mol. The van der Waals surface area contributed by atoms with Crippen molar-refractivity contribution in [2.75, 3.05) is 33.7 Å². The summed E-state index contributed by atoms with van der Waals surface area (Å²) in [5, 5.41) is 2.71. The van der Waals surface area contributed by atoms with Gasteiger partial charge in [-0.05, 0) is 53.6 Å². The zero-order valence-corrected chi connectivity index (χ0v) is 20.4. The van der Waals surface area contributed by atoms with Gasteiger partial charge in [0.1, 0.15) is 11.6 Å². The lowest BCUT2D eigenvalue weighted by Crippen LogP contribution is -2.44. The molecule has 0 bridgehead atoms. The molecule has 1 heterocycles. The molecule has 0 fully saturated rings. The second kappa shape index (κ2) is 9.84. The van der Waals surface area contributed by atoms with Crippen LogP contribution in [0.3, 0.4) is 0 Å². The topological polar surface area (TPSA) is 77.1 Å². The lowest BCUT2D eigenvalue weighted by molar-refractivity contribution is -0.119. The summed E-state index contributed by atoms with van der Waals surface area (Å²) in [5.74, 6) is -0.681. The Bertz CT molecular complexity index is 1280. The van der Waals surface area contributed by atoms with E-state index in [1.165, 1.54) is 37.3 Å². The smallest absolute Gasteiger partial charge is 0.254 e. The van der Waals surface area contributed by atoms with E-state index in [-0.39, 0.29) is 10.9 Å². The molecule has 0 radical (unpaired) electrons. The van der Waals surface area contributed by atoms with E-state index >= 15 is 0 Å². The molecule has 182 valence electrons. The van der Waals surface area contributed by atoms with E-state index in [2.05, 4.69) is 5.32 Å². The van der Waals surface area contributed by atoms with Crippen molar-refractivity contribution in [2.45, 2.75) is 12.0 Å². The number of likely N-dealkylation sites (N-methyl/N-ethyl adjacent to an activating group) is 1. The minimum Gasteiger partial charge on any atom is -0.497 e. The van der Waals surface area contributed by atoms with Crippen molar-refractivity contribution in [2.24, 2.45) is 0 Å². The van der Waals surface area contributed by atoms with Crippen LogP contribution in [-0.2, 0) is 4.79 Å². The van der Waals surface area contributed by atoms with Crippen molar-refractivity contribution in [1.82, 2.24) is 4.90 Å². The van der Waals surface area contributed by atoms with Gasteiger partial charge < -0.3 is 24.4 Å². The molecule has 1 aliphatic rings. The van der Waals surface area contributed by atoms with Gasteiger partial charge in [0.25, 0.3) is 5.91 Å². The van der Waals surface area contributed by atoms with E-state index < -0.39 is 23.7 Å². The molecule has 2 atom stereocenters. The molecule has 1 N–H and O–H groups in total. The summed E-state index contributed by atoms with van der Waals surface area (Å²) in [6.07, 6.45) is 0. The average molecular weight is 499 g/mol. The second-order valence-corrected chi connectivity index (χ2v) is 8.43. The molecule has 0 saturated carbocycles. The van der Waals surface area contributed by atoms with E-state index in [9.17, 15) is 14.0 Å². The van der Waals surface area contributed by atoms with E-state index in [0.29, 0.717) is 34.1 Å². The van der Waals surface area contributed by atoms with Gasteiger partial charge >= 0.3 is 0 Å². The quantitative estimate of drug-likeness (QED) is 0.514. The number of ether oxygens (including phenoxy) is 3. The number of anilines is 1. The average Bonchev–Trinajstić information content (AvgIpc) is 2.87. The van der Waals surface area contributed by atoms with Gasteiger partial charge in [-0.1, -0.05) is 23.7 Å². The van der Waals surface area contributed by atoms with Crippen LogP contribution in [0.4, 0.5) is 10.1 Å². The van der Waals surface area contributed by atoms with Crippen molar-refractivity contribution < 1.29 is 28.2 Å². The highest BCUT2D eigenvalue weighted by Gasteiger charge is 2.43. The van der Waals surface area contributed by atoms with Crippen LogP contribution in [-0.4, -0.2) is 45.1 Å². The number of carbonyl (C=O) groups excluding carboxylic acids is 2. The molecule has 2 amide bonds. The summed E-state index contributed by atoms with van der Waals surface area (Å²) >= 11 is 5.91. The van der Waals surface area contributed by atoms with Gasteiger partial charge in [-0.3, -0.25) is 9.59 Å². The Kier molecular flexibility index (Phi) is 6.84. The Morgan fingerprint density at radius 3 is 2.23 bits per heavy atom. The highest BCUT2D eigenvalue weighted by atomic mass is 35.5. The van der Waals surface area contributed by atoms with Crippen LogP contribution in [0.2, 0.25) is 5.02 Å². The first-order chi connectivity index (χ1) is 16.8. The zero-order valence-electron chi connectivity index (χ0n) is 19.6. The molecule has 1 aliphatic heterocycles. The van der Waals surface area contributed by atoms with Gasteiger partial charge in [-0.2, -0.15) is 0 Å². The van der Waals surface area contributed by atoms with Gasteiger partial charge in [0.05, 0.1) is 38.3 Å². The number of benzene rings is 3. The highest BCUT2D eigenvalue weighted by Crippen LogP contribution is 2.46. The predicted octanol–water partition coefficient (Wildman–Crippen LogP) is 5.05. The summed E-state index contributed by atoms with van der Waals surface area (Å²) < 4.78 is 29.7. The van der Waals surface area contributed by atoms with Crippen molar-refractivity contribution in [3.05, 3.63) is 82.1 Å². The van der Waals surface area contributed by atoms with E-state index in [4.69, 9.17) is 25.8 Å². The van der Waals surface area contributed by atoms with Crippen molar-refractivity contribution in [3.8, 4) is 17.2 Å². The molecule has 3 aromatic rings. The Hall–Kier alpha value is -3.78. The van der Waals surface area contributed by atoms with Crippen molar-refractivity contribution in [1.29, 1.82) is 0 Å². The molecule has 7 nitrogen and oxygen atoms in total. The van der Waals surface area contributed by atoms with Crippen LogP contribution in [0.1, 0.15) is 33.4 Å². The molecule has 0 unspecified atom stereocenters. The van der Waals surface area contributed by atoms with Crippen LogP contribution in [0, 0.1) is 5.82 Å². The van der Waals surface area contributed by atoms with Crippen LogP contribution >= 0.6 is 11.6 Å². The second-order valence-electron chi connectivity index (χ2n) is 8.02. The van der Waals surface area contributed by atoms with Gasteiger partial charge in [0.15, 0.2) is 11.5 Å². The summed E-state index contributed by atoms with van der Waals surface area (Å²) in [5.41, 5.74) is 1.88. The third kappa shape index (κ3) is 4.49. The van der Waals surface area contributed by atoms with Crippen molar-refractivity contribution in [3.63, 3.8) is 0 Å². The minimum absolute atomic E-state index is 0.114. The zero-order chi connectivity index (χ0) is 25.3. The maximum absolute atomic E-state index is 13.8. The van der Waals surface area contributed by atoms with Gasteiger partial charge in [0, 0.05) is 18.3 Å². The van der Waals surface area contributed by atoms with Crippen LogP contribution in [0.5, 0.6) is 17.2 Å². The summed E-state index contributed by atoms with van der Waals surface area (Å²) in [6, 6.07) is 13.7. The monoisotopic (exact) mass is 498 g/mol. The number of nitrogens with zero attached hydrogens (tertiary/aromatic N) is 1. The molecule has 4 rings (SSSR count). The molecule has 0 spiro atoms. The molecule has 0 aromatic heterocycles. The largest absolute Gasteiger partial charge is 0.497 e. The first-order valence-corrected chi connectivity index (χ1v) is 11.1. The van der Waals surface area contributed by atoms with Crippen LogP contribution in [0.15, 0.2) is 54.6 Å². The number of hydrogen-bond acceptors (Lipinski definition) is 5. The fourth-order valence-corrected chi connectivity index (χ4v) is 4.52. The summed E-state index contributed by atoms with van der Waals surface area (Å²) in [6.45, 7) is 0. The van der Waals surface area contributed by atoms with Gasteiger partial charge in [-0.15, -0.1) is 0 Å². The molecule has 0 aliphatic carbocycles. The molecule has 9 heteroatoms. The lowest BCUT2D eigenvalue weighted by Gasteiger charge is -2.40.